The number of hydrogen-bond donors (Lipinski definition) is 1. The van der Waals surface area contributed by atoms with Gasteiger partial charge in [0.15, 0.2) is 5.58 Å². The molecule has 1 N–H and O–H groups in total. The van der Waals surface area contributed by atoms with Gasteiger partial charge in [-0.2, -0.15) is 0 Å². The van der Waals surface area contributed by atoms with E-state index in [0.717, 1.165) is 72.8 Å². The monoisotopic (exact) mass is 649 g/mol. The lowest BCUT2D eigenvalue weighted by atomic mass is 9.95. The molecule has 2 fully saturated rings. The Morgan fingerprint density at radius 3 is 2.66 bits per heavy atom. The number of benzene rings is 3. The fourth-order valence-corrected chi connectivity index (χ4v) is 6.56. The van der Waals surface area contributed by atoms with Crippen LogP contribution in [-0.4, -0.2) is 90.9 Å². The number of halogens is 2. The molecule has 0 radical (unpaired) electrons. The molecule has 250 valence electrons. The summed E-state index contributed by atoms with van der Waals surface area (Å²) in [7, 11) is 1.54. The Kier molecular flexibility index (Phi) is 10.0. The maximum Gasteiger partial charge on any atom is 0.304 e. The van der Waals surface area contributed by atoms with Crippen LogP contribution in [0, 0.1) is 6.92 Å². The predicted octanol–water partition coefficient (Wildman–Crippen LogP) is 6.65. The van der Waals surface area contributed by atoms with Crippen molar-refractivity contribution in [3.05, 3.63) is 65.7 Å². The quantitative estimate of drug-likeness (QED) is 0.169. The fraction of sp³-hybridized carbons (Fsp3) is 0.444. The molecule has 0 amide bonds. The fourth-order valence-electron chi connectivity index (χ4n) is 6.56. The number of hydrogen-bond acceptors (Lipinski definition) is 8. The molecule has 2 saturated heterocycles. The summed E-state index contributed by atoms with van der Waals surface area (Å²) in [5, 5.41) is 9.36. The van der Waals surface area contributed by atoms with Crippen molar-refractivity contribution in [2.24, 2.45) is 0 Å². The van der Waals surface area contributed by atoms with E-state index in [2.05, 4.69) is 23.1 Å². The van der Waals surface area contributed by atoms with Crippen molar-refractivity contribution in [1.29, 1.82) is 0 Å². The van der Waals surface area contributed by atoms with Crippen LogP contribution < -0.4 is 9.47 Å². The zero-order valence-electron chi connectivity index (χ0n) is 26.8. The molecule has 2 aliphatic rings. The summed E-state index contributed by atoms with van der Waals surface area (Å²) < 4.78 is 51.8. The SMILES string of the molecule is COc1cc2oc(-c3cccc(-c4cccc(OCCCN5CCOCC5)c4)c3C)nc2cc1CN1CCC(F)(F)CC1CC(=O)O. The first-order valence-electron chi connectivity index (χ1n) is 16.1. The summed E-state index contributed by atoms with van der Waals surface area (Å²) in [5.41, 5.74) is 5.77. The van der Waals surface area contributed by atoms with Crippen LogP contribution in [0.2, 0.25) is 0 Å². The summed E-state index contributed by atoms with van der Waals surface area (Å²) in [6.07, 6.45) is -0.216. The van der Waals surface area contributed by atoms with Crippen LogP contribution in [0.25, 0.3) is 33.7 Å². The average molecular weight is 650 g/mol. The lowest BCUT2D eigenvalue weighted by Crippen LogP contribution is -2.47. The normalized spacial score (nSPS) is 18.8. The number of rotatable bonds is 12. The molecule has 3 heterocycles. The smallest absolute Gasteiger partial charge is 0.304 e. The van der Waals surface area contributed by atoms with E-state index < -0.39 is 24.4 Å². The van der Waals surface area contributed by atoms with Crippen LogP contribution in [-0.2, 0) is 16.1 Å². The molecule has 0 aliphatic carbocycles. The van der Waals surface area contributed by atoms with Gasteiger partial charge in [-0.1, -0.05) is 24.3 Å². The minimum Gasteiger partial charge on any atom is -0.496 e. The van der Waals surface area contributed by atoms with Gasteiger partial charge in [0.05, 0.1) is 33.4 Å². The van der Waals surface area contributed by atoms with Crippen molar-refractivity contribution in [2.45, 2.75) is 51.1 Å². The van der Waals surface area contributed by atoms with Gasteiger partial charge in [0, 0.05) is 68.8 Å². The van der Waals surface area contributed by atoms with Gasteiger partial charge in [0.1, 0.15) is 17.0 Å². The third-order valence-corrected chi connectivity index (χ3v) is 9.09. The number of nitrogens with zero attached hydrogens (tertiary/aromatic N) is 3. The van der Waals surface area contributed by atoms with Crippen LogP contribution in [0.3, 0.4) is 0 Å². The minimum absolute atomic E-state index is 0.0862. The Bertz CT molecular complexity index is 1700. The lowest BCUT2D eigenvalue weighted by Gasteiger charge is -2.38. The molecule has 1 aromatic heterocycles. The molecule has 1 unspecified atom stereocenters. The summed E-state index contributed by atoms with van der Waals surface area (Å²) in [5.74, 6) is -2.18. The van der Waals surface area contributed by atoms with Crippen molar-refractivity contribution >= 4 is 17.1 Å². The van der Waals surface area contributed by atoms with Gasteiger partial charge in [0.25, 0.3) is 5.92 Å². The van der Waals surface area contributed by atoms with Gasteiger partial charge in [-0.15, -0.1) is 0 Å². The topological polar surface area (TPSA) is 97.5 Å². The lowest BCUT2D eigenvalue weighted by molar-refractivity contribution is -0.141. The number of carbonyl (C=O) groups is 1. The second-order valence-electron chi connectivity index (χ2n) is 12.3. The van der Waals surface area contributed by atoms with E-state index in [4.69, 9.17) is 23.6 Å². The molecular formula is C36H41F2N3O6. The van der Waals surface area contributed by atoms with Crippen LogP contribution in [0.1, 0.15) is 36.8 Å². The summed E-state index contributed by atoms with van der Waals surface area (Å²) in [6.45, 7) is 7.54. The van der Waals surface area contributed by atoms with Gasteiger partial charge in [-0.05, 0) is 54.3 Å². The summed E-state index contributed by atoms with van der Waals surface area (Å²) >= 11 is 0. The average Bonchev–Trinajstić information content (AvgIpc) is 3.47. The zero-order chi connectivity index (χ0) is 33.0. The van der Waals surface area contributed by atoms with E-state index in [9.17, 15) is 18.7 Å². The molecule has 3 aromatic carbocycles. The molecule has 47 heavy (non-hydrogen) atoms. The number of aromatic nitrogens is 1. The van der Waals surface area contributed by atoms with Gasteiger partial charge < -0.3 is 23.7 Å². The number of methoxy groups -OCH3 is 1. The first kappa shape index (κ1) is 32.9. The van der Waals surface area contributed by atoms with Crippen molar-refractivity contribution in [3.8, 4) is 34.1 Å². The Morgan fingerprint density at radius 2 is 1.87 bits per heavy atom. The molecule has 2 aliphatic heterocycles. The standard InChI is InChI=1S/C36H41F2N3O6/c1-24-29(25-6-3-7-28(18-25)46-15-5-11-40-13-16-45-17-14-40)8-4-9-30(24)35-39-31-19-26(32(44-2)21-33(31)47-35)23-41-12-10-36(37,38)22-27(41)20-34(42)43/h3-4,6-9,18-19,21,27H,5,10-17,20,22-23H2,1-2H3,(H,42,43). The third kappa shape index (κ3) is 7.91. The second-order valence-corrected chi connectivity index (χ2v) is 12.3. The third-order valence-electron chi connectivity index (χ3n) is 9.09. The molecular weight excluding hydrogens is 608 g/mol. The molecule has 4 aromatic rings. The number of fused-ring (bicyclic) bond motifs is 1. The Labute approximate surface area is 273 Å². The van der Waals surface area contributed by atoms with Crippen molar-refractivity contribution in [3.63, 3.8) is 0 Å². The van der Waals surface area contributed by atoms with E-state index in [0.29, 0.717) is 29.3 Å². The maximum atomic E-state index is 14.2. The van der Waals surface area contributed by atoms with Crippen LogP contribution in [0.5, 0.6) is 11.5 Å². The van der Waals surface area contributed by atoms with Gasteiger partial charge in [-0.3, -0.25) is 14.6 Å². The highest BCUT2D eigenvalue weighted by atomic mass is 19.3. The van der Waals surface area contributed by atoms with E-state index in [1.807, 2.05) is 37.3 Å². The van der Waals surface area contributed by atoms with E-state index in [-0.39, 0.29) is 25.9 Å². The van der Waals surface area contributed by atoms with Gasteiger partial charge in [-0.25, -0.2) is 13.8 Å². The highest BCUT2D eigenvalue weighted by Gasteiger charge is 2.41. The molecule has 0 saturated carbocycles. The predicted molar refractivity (Wildman–Crippen MR) is 174 cm³/mol. The van der Waals surface area contributed by atoms with E-state index in [1.165, 1.54) is 7.11 Å². The van der Waals surface area contributed by atoms with E-state index >= 15 is 0 Å². The number of aliphatic carboxylic acids is 1. The number of oxazole rings is 1. The molecule has 0 spiro atoms. The first-order chi connectivity index (χ1) is 22.7. The van der Waals surface area contributed by atoms with Crippen LogP contribution in [0.4, 0.5) is 8.78 Å². The number of alkyl halides is 2. The van der Waals surface area contributed by atoms with Crippen molar-refractivity contribution < 1.29 is 37.3 Å². The Hall–Kier alpha value is -4.06. The second kappa shape index (κ2) is 14.4. The van der Waals surface area contributed by atoms with Crippen LogP contribution >= 0.6 is 0 Å². The molecule has 1 atom stereocenters. The number of morpholine rings is 1. The largest absolute Gasteiger partial charge is 0.496 e. The number of carboxylic acid groups (broad SMARTS) is 1. The minimum atomic E-state index is -2.88. The Balaban J connectivity index is 1.20. The molecule has 9 nitrogen and oxygen atoms in total. The number of carboxylic acids is 1. The summed E-state index contributed by atoms with van der Waals surface area (Å²) in [6, 6.07) is 16.9. The van der Waals surface area contributed by atoms with Crippen molar-refractivity contribution in [2.75, 3.05) is 53.1 Å². The number of piperidine rings is 1. The Morgan fingerprint density at radius 1 is 1.09 bits per heavy atom. The molecule has 0 bridgehead atoms. The maximum absolute atomic E-state index is 14.2. The highest BCUT2D eigenvalue weighted by molar-refractivity contribution is 5.82. The van der Waals surface area contributed by atoms with Crippen LogP contribution in [0.15, 0.2) is 59.0 Å². The summed E-state index contributed by atoms with van der Waals surface area (Å²) in [4.78, 5) is 20.5. The van der Waals surface area contributed by atoms with E-state index in [1.54, 1.807) is 11.0 Å². The first-order valence-corrected chi connectivity index (χ1v) is 16.1. The zero-order valence-corrected chi connectivity index (χ0v) is 26.8. The molecule has 11 heteroatoms. The van der Waals surface area contributed by atoms with Gasteiger partial charge >= 0.3 is 5.97 Å². The van der Waals surface area contributed by atoms with Crippen molar-refractivity contribution in [1.82, 2.24) is 14.8 Å². The highest BCUT2D eigenvalue weighted by Crippen LogP contribution is 2.38. The van der Waals surface area contributed by atoms with Gasteiger partial charge in [0.2, 0.25) is 5.89 Å². The molecule has 6 rings (SSSR count). The number of likely N-dealkylation sites (tertiary alicyclic amines) is 1. The number of ether oxygens (including phenoxy) is 3.